The molecule has 0 amide bonds. The number of phenols is 1. The van der Waals surface area contributed by atoms with Crippen molar-refractivity contribution in [2.45, 2.75) is 13.5 Å². The summed E-state index contributed by atoms with van der Waals surface area (Å²) in [6, 6.07) is 6.92. The first-order valence-corrected chi connectivity index (χ1v) is 5.06. The van der Waals surface area contributed by atoms with E-state index in [2.05, 4.69) is 4.98 Å². The minimum absolute atomic E-state index is 0.154. The van der Waals surface area contributed by atoms with Gasteiger partial charge in [-0.1, -0.05) is 12.1 Å². The summed E-state index contributed by atoms with van der Waals surface area (Å²) < 4.78 is 7.46. The third-order valence-electron chi connectivity index (χ3n) is 2.56. The summed E-state index contributed by atoms with van der Waals surface area (Å²) in [6.45, 7) is 2.33. The molecule has 0 atom stereocenters. The second-order valence-electron chi connectivity index (χ2n) is 3.61. The minimum atomic E-state index is 0.154. The minimum Gasteiger partial charge on any atom is -0.504 e. The van der Waals surface area contributed by atoms with E-state index in [1.54, 1.807) is 24.4 Å². The fraction of sp³-hybridized carbons (Fsp3) is 0.250. The van der Waals surface area contributed by atoms with E-state index in [1.807, 2.05) is 24.6 Å². The molecule has 0 radical (unpaired) electrons. The van der Waals surface area contributed by atoms with Gasteiger partial charge >= 0.3 is 0 Å². The molecule has 84 valence electrons. The average Bonchev–Trinajstić information content (AvgIpc) is 2.59. The van der Waals surface area contributed by atoms with Crippen LogP contribution in [0.15, 0.2) is 30.5 Å². The van der Waals surface area contributed by atoms with E-state index in [1.165, 1.54) is 0 Å². The monoisotopic (exact) mass is 218 g/mol. The van der Waals surface area contributed by atoms with Gasteiger partial charge in [-0.3, -0.25) is 0 Å². The molecule has 1 aromatic carbocycles. The van der Waals surface area contributed by atoms with E-state index in [0.717, 1.165) is 11.5 Å². The highest BCUT2D eigenvalue weighted by atomic mass is 16.5. The van der Waals surface area contributed by atoms with E-state index in [9.17, 15) is 5.11 Å². The Bertz CT molecular complexity index is 492. The lowest BCUT2D eigenvalue weighted by molar-refractivity contribution is 0.281. The van der Waals surface area contributed by atoms with Gasteiger partial charge < -0.3 is 14.4 Å². The summed E-state index contributed by atoms with van der Waals surface area (Å²) in [5.74, 6) is 1.58. The molecule has 0 bridgehead atoms. The van der Waals surface area contributed by atoms with Crippen LogP contribution in [0.1, 0.15) is 11.5 Å². The molecule has 0 saturated carbocycles. The van der Waals surface area contributed by atoms with Crippen molar-refractivity contribution in [3.05, 3.63) is 42.0 Å². The van der Waals surface area contributed by atoms with Crippen LogP contribution in [0.5, 0.6) is 11.5 Å². The van der Waals surface area contributed by atoms with Gasteiger partial charge in [0.1, 0.15) is 12.4 Å². The second kappa shape index (κ2) is 4.26. The Kier molecular flexibility index (Phi) is 2.81. The molecule has 0 aliphatic rings. The number of hydrogen-bond acceptors (Lipinski definition) is 3. The highest BCUT2D eigenvalue weighted by Gasteiger charge is 2.05. The van der Waals surface area contributed by atoms with Crippen LogP contribution in [0.2, 0.25) is 0 Å². The van der Waals surface area contributed by atoms with Crippen molar-refractivity contribution >= 4 is 0 Å². The van der Waals surface area contributed by atoms with Crippen LogP contribution in [-0.4, -0.2) is 14.7 Å². The Labute approximate surface area is 94.1 Å². The topological polar surface area (TPSA) is 47.3 Å². The number of benzene rings is 1. The van der Waals surface area contributed by atoms with E-state index < -0.39 is 0 Å². The Morgan fingerprint density at radius 1 is 1.38 bits per heavy atom. The van der Waals surface area contributed by atoms with Gasteiger partial charge in [-0.05, 0) is 19.1 Å². The first kappa shape index (κ1) is 10.5. The molecule has 1 N–H and O–H groups in total. The highest BCUT2D eigenvalue weighted by Crippen LogP contribution is 2.25. The molecule has 0 spiro atoms. The molecule has 0 aliphatic carbocycles. The molecule has 0 fully saturated rings. The summed E-state index contributed by atoms with van der Waals surface area (Å²) in [5, 5.41) is 9.52. The van der Waals surface area contributed by atoms with Gasteiger partial charge in [0.15, 0.2) is 11.5 Å². The number of imidazole rings is 1. The number of phenolic OH excluding ortho intramolecular Hbond substituents is 1. The fourth-order valence-corrected chi connectivity index (χ4v) is 1.41. The van der Waals surface area contributed by atoms with E-state index >= 15 is 0 Å². The molecule has 1 heterocycles. The van der Waals surface area contributed by atoms with Gasteiger partial charge in [-0.25, -0.2) is 4.98 Å². The van der Waals surface area contributed by atoms with Crippen LogP contribution >= 0.6 is 0 Å². The number of hydrogen-bond donors (Lipinski definition) is 1. The highest BCUT2D eigenvalue weighted by molar-refractivity contribution is 5.37. The fourth-order valence-electron chi connectivity index (χ4n) is 1.41. The smallest absolute Gasteiger partial charge is 0.161 e. The quantitative estimate of drug-likeness (QED) is 0.857. The van der Waals surface area contributed by atoms with Gasteiger partial charge in [0.05, 0.1) is 11.9 Å². The first-order chi connectivity index (χ1) is 7.68. The van der Waals surface area contributed by atoms with E-state index in [0.29, 0.717) is 12.4 Å². The molecule has 1 aromatic heterocycles. The molecular formula is C12H14N2O2. The van der Waals surface area contributed by atoms with Crippen molar-refractivity contribution in [3.8, 4) is 11.5 Å². The van der Waals surface area contributed by atoms with Gasteiger partial charge in [0.25, 0.3) is 0 Å². The van der Waals surface area contributed by atoms with Crippen LogP contribution in [0.4, 0.5) is 0 Å². The summed E-state index contributed by atoms with van der Waals surface area (Å²) in [7, 11) is 1.94. The van der Waals surface area contributed by atoms with Crippen molar-refractivity contribution in [1.82, 2.24) is 9.55 Å². The number of aromatic nitrogens is 2. The van der Waals surface area contributed by atoms with Crippen LogP contribution in [0, 0.1) is 6.92 Å². The zero-order chi connectivity index (χ0) is 11.5. The van der Waals surface area contributed by atoms with E-state index in [-0.39, 0.29) is 5.75 Å². The van der Waals surface area contributed by atoms with Crippen molar-refractivity contribution in [2.24, 2.45) is 7.05 Å². The average molecular weight is 218 g/mol. The SMILES string of the molecule is Cc1ncc(COc2ccccc2O)n1C. The lowest BCUT2D eigenvalue weighted by atomic mass is 10.3. The maximum Gasteiger partial charge on any atom is 0.161 e. The van der Waals surface area contributed by atoms with E-state index in [4.69, 9.17) is 4.74 Å². The predicted molar refractivity (Wildman–Crippen MR) is 60.4 cm³/mol. The lowest BCUT2D eigenvalue weighted by Gasteiger charge is -2.08. The van der Waals surface area contributed by atoms with Gasteiger partial charge in [0, 0.05) is 7.05 Å². The standard InChI is InChI=1S/C12H14N2O2/c1-9-13-7-10(14(9)2)8-16-12-6-4-3-5-11(12)15/h3-7,15H,8H2,1-2H3. The number of aryl methyl sites for hydroxylation is 1. The molecule has 4 nitrogen and oxygen atoms in total. The van der Waals surface area contributed by atoms with Crippen molar-refractivity contribution in [2.75, 3.05) is 0 Å². The van der Waals surface area contributed by atoms with Crippen molar-refractivity contribution in [1.29, 1.82) is 0 Å². The second-order valence-corrected chi connectivity index (χ2v) is 3.61. The molecule has 2 rings (SSSR count). The summed E-state index contributed by atoms with van der Waals surface area (Å²) >= 11 is 0. The molecule has 0 aliphatic heterocycles. The van der Waals surface area contributed by atoms with Crippen LogP contribution in [0.3, 0.4) is 0 Å². The van der Waals surface area contributed by atoms with Gasteiger partial charge in [0.2, 0.25) is 0 Å². The largest absolute Gasteiger partial charge is 0.504 e. The number of aromatic hydroxyl groups is 1. The zero-order valence-corrected chi connectivity index (χ0v) is 9.34. The first-order valence-electron chi connectivity index (χ1n) is 5.06. The summed E-state index contributed by atoms with van der Waals surface area (Å²) in [6.07, 6.45) is 1.77. The zero-order valence-electron chi connectivity index (χ0n) is 9.34. The normalized spacial score (nSPS) is 10.4. The Morgan fingerprint density at radius 2 is 2.12 bits per heavy atom. The molecule has 0 saturated heterocycles. The number of nitrogens with zero attached hydrogens (tertiary/aromatic N) is 2. The van der Waals surface area contributed by atoms with Gasteiger partial charge in [-0.2, -0.15) is 0 Å². The summed E-state index contributed by atoms with van der Waals surface area (Å²) in [5.41, 5.74) is 0.973. The predicted octanol–water partition coefficient (Wildman–Crippen LogP) is 2.01. The molecule has 0 unspecified atom stereocenters. The maximum absolute atomic E-state index is 9.52. The van der Waals surface area contributed by atoms with Crippen LogP contribution in [-0.2, 0) is 13.7 Å². The van der Waals surface area contributed by atoms with Crippen LogP contribution < -0.4 is 4.74 Å². The van der Waals surface area contributed by atoms with Gasteiger partial charge in [-0.15, -0.1) is 0 Å². The number of para-hydroxylation sites is 2. The number of ether oxygens (including phenoxy) is 1. The van der Waals surface area contributed by atoms with Crippen molar-refractivity contribution < 1.29 is 9.84 Å². The lowest BCUT2D eigenvalue weighted by Crippen LogP contribution is -2.03. The molecule has 16 heavy (non-hydrogen) atoms. The maximum atomic E-state index is 9.52. The third-order valence-corrected chi connectivity index (χ3v) is 2.56. The third kappa shape index (κ3) is 2.00. The molecule has 4 heteroatoms. The molecule has 2 aromatic rings. The summed E-state index contributed by atoms with van der Waals surface area (Å²) in [4.78, 5) is 4.17. The van der Waals surface area contributed by atoms with Crippen LogP contribution in [0.25, 0.3) is 0 Å². The Hall–Kier alpha value is -1.97. The Morgan fingerprint density at radius 3 is 2.75 bits per heavy atom. The number of rotatable bonds is 3. The van der Waals surface area contributed by atoms with Crippen molar-refractivity contribution in [3.63, 3.8) is 0 Å². The molecular weight excluding hydrogens is 204 g/mol. The Balaban J connectivity index is 2.08.